The number of hydrogen-bond acceptors (Lipinski definition) is 5. The van der Waals surface area contributed by atoms with Crippen LogP contribution in [0.2, 0.25) is 0 Å². The molecule has 1 aliphatic heterocycles. The molecule has 0 aromatic carbocycles. The van der Waals surface area contributed by atoms with Crippen molar-refractivity contribution in [3.05, 3.63) is 0 Å². The van der Waals surface area contributed by atoms with E-state index in [9.17, 15) is 19.5 Å². The number of likely N-dealkylation sites (tertiary alicyclic amines) is 1. The molecule has 1 saturated heterocycles. The second kappa shape index (κ2) is 6.98. The third-order valence-corrected chi connectivity index (χ3v) is 3.45. The molecule has 1 N–H and O–H groups in total. The second-order valence-corrected chi connectivity index (χ2v) is 6.62. The third-order valence-electron chi connectivity index (χ3n) is 3.45. The van der Waals surface area contributed by atoms with Gasteiger partial charge in [-0.05, 0) is 34.1 Å². The van der Waals surface area contributed by atoms with E-state index in [2.05, 4.69) is 0 Å². The summed E-state index contributed by atoms with van der Waals surface area (Å²) in [5.74, 6) is -3.65. The molecule has 22 heavy (non-hydrogen) atoms. The van der Waals surface area contributed by atoms with E-state index in [4.69, 9.17) is 9.47 Å². The van der Waals surface area contributed by atoms with Crippen LogP contribution in [0.3, 0.4) is 0 Å². The van der Waals surface area contributed by atoms with Crippen LogP contribution in [0, 0.1) is 11.8 Å². The van der Waals surface area contributed by atoms with Crippen molar-refractivity contribution in [2.24, 2.45) is 11.8 Å². The number of ether oxygens (including phenoxy) is 2. The Balaban J connectivity index is 2.58. The zero-order valence-corrected chi connectivity index (χ0v) is 13.8. The van der Waals surface area contributed by atoms with Crippen molar-refractivity contribution in [2.75, 3.05) is 13.1 Å². The molecule has 0 aliphatic carbocycles. The summed E-state index contributed by atoms with van der Waals surface area (Å²) in [5, 5.41) is 9.24. The first-order valence-corrected chi connectivity index (χ1v) is 7.46. The number of nitrogens with zero attached hydrogens (tertiary/aromatic N) is 1. The summed E-state index contributed by atoms with van der Waals surface area (Å²) < 4.78 is 10.3. The van der Waals surface area contributed by atoms with Gasteiger partial charge in [0.25, 0.3) is 0 Å². The van der Waals surface area contributed by atoms with Crippen LogP contribution >= 0.6 is 0 Å². The number of amides is 1. The molecular formula is C15H25NO6. The van der Waals surface area contributed by atoms with Crippen LogP contribution in [0.5, 0.6) is 0 Å². The van der Waals surface area contributed by atoms with Gasteiger partial charge >= 0.3 is 18.0 Å². The molecule has 1 rings (SSSR count). The summed E-state index contributed by atoms with van der Waals surface area (Å²) >= 11 is 0. The normalized spacial score (nSPS) is 18.1. The minimum absolute atomic E-state index is 0.182. The molecule has 2 atom stereocenters. The monoisotopic (exact) mass is 315 g/mol. The molecule has 0 saturated carbocycles. The number of hydrogen-bond donors (Lipinski definition) is 1. The van der Waals surface area contributed by atoms with Crippen molar-refractivity contribution < 1.29 is 29.0 Å². The molecule has 0 bridgehead atoms. The molecule has 1 heterocycles. The summed E-state index contributed by atoms with van der Waals surface area (Å²) in [6, 6.07) is 0. The minimum Gasteiger partial charge on any atom is -0.481 e. The van der Waals surface area contributed by atoms with Crippen LogP contribution in [-0.4, -0.2) is 52.8 Å². The quantitative estimate of drug-likeness (QED) is 0.615. The lowest BCUT2D eigenvalue weighted by atomic mass is 9.86. The van der Waals surface area contributed by atoms with Gasteiger partial charge in [-0.15, -0.1) is 0 Å². The van der Waals surface area contributed by atoms with E-state index in [1.165, 1.54) is 4.90 Å². The highest BCUT2D eigenvalue weighted by Gasteiger charge is 2.45. The Bertz CT molecular complexity index is 436. The number of carbonyl (C=O) groups excluding carboxylic acids is 2. The van der Waals surface area contributed by atoms with Crippen molar-refractivity contribution >= 4 is 18.0 Å². The Morgan fingerprint density at radius 1 is 1.27 bits per heavy atom. The van der Waals surface area contributed by atoms with Crippen LogP contribution in [0.4, 0.5) is 4.79 Å². The first-order chi connectivity index (χ1) is 10.0. The average molecular weight is 315 g/mol. The lowest BCUT2D eigenvalue weighted by molar-refractivity contribution is -0.167. The maximum atomic E-state index is 12.0. The zero-order valence-electron chi connectivity index (χ0n) is 13.8. The van der Waals surface area contributed by atoms with Crippen molar-refractivity contribution in [3.63, 3.8) is 0 Å². The summed E-state index contributed by atoms with van der Waals surface area (Å²) in [5.41, 5.74) is -0.607. The molecule has 0 aromatic heterocycles. The molecule has 0 aromatic rings. The second-order valence-electron chi connectivity index (χ2n) is 6.62. The summed E-state index contributed by atoms with van der Waals surface area (Å²) in [4.78, 5) is 36.5. The van der Waals surface area contributed by atoms with E-state index >= 15 is 0 Å². The molecule has 0 spiro atoms. The number of carbonyl (C=O) groups is 3. The molecule has 1 fully saturated rings. The molecular weight excluding hydrogens is 290 g/mol. The van der Waals surface area contributed by atoms with E-state index in [-0.39, 0.29) is 19.2 Å². The Morgan fingerprint density at radius 2 is 1.82 bits per heavy atom. The molecule has 126 valence electrons. The van der Waals surface area contributed by atoms with Crippen LogP contribution in [0.25, 0.3) is 0 Å². The van der Waals surface area contributed by atoms with Crippen molar-refractivity contribution in [3.8, 4) is 0 Å². The van der Waals surface area contributed by atoms with Gasteiger partial charge in [0.05, 0.1) is 6.10 Å². The van der Waals surface area contributed by atoms with Gasteiger partial charge in [-0.1, -0.05) is 6.92 Å². The number of aliphatic carboxylic acids is 1. The smallest absolute Gasteiger partial charge is 0.410 e. The van der Waals surface area contributed by atoms with Crippen LogP contribution < -0.4 is 0 Å². The van der Waals surface area contributed by atoms with Crippen LogP contribution in [-0.2, 0) is 19.1 Å². The van der Waals surface area contributed by atoms with Crippen molar-refractivity contribution in [2.45, 2.75) is 52.7 Å². The number of carboxylic acids is 1. The Kier molecular flexibility index (Phi) is 5.79. The molecule has 7 heteroatoms. The third kappa shape index (κ3) is 4.89. The van der Waals surface area contributed by atoms with E-state index in [1.807, 2.05) is 6.92 Å². The van der Waals surface area contributed by atoms with Gasteiger partial charge < -0.3 is 19.5 Å². The predicted octanol–water partition coefficient (Wildman–Crippen LogP) is 1.90. The maximum absolute atomic E-state index is 12.0. The van der Waals surface area contributed by atoms with Gasteiger partial charge in [-0.2, -0.15) is 0 Å². The lowest BCUT2D eigenvalue weighted by Gasteiger charge is -2.41. The molecule has 2 unspecified atom stereocenters. The Morgan fingerprint density at radius 3 is 2.23 bits per heavy atom. The van der Waals surface area contributed by atoms with E-state index < -0.39 is 35.5 Å². The Hall–Kier alpha value is -1.79. The predicted molar refractivity (Wildman–Crippen MR) is 78.3 cm³/mol. The van der Waals surface area contributed by atoms with Gasteiger partial charge in [0.2, 0.25) is 0 Å². The lowest BCUT2D eigenvalue weighted by Crippen LogP contribution is -2.56. The number of carboxylic acid groups (broad SMARTS) is 1. The van der Waals surface area contributed by atoms with Gasteiger partial charge in [-0.25, -0.2) is 4.79 Å². The Labute approximate surface area is 130 Å². The minimum atomic E-state index is -1.24. The van der Waals surface area contributed by atoms with Gasteiger partial charge in [0.15, 0.2) is 5.92 Å². The standard InChI is InChI=1S/C15H25NO6/c1-6-9(2)21-13(19)11(12(17)18)10-7-16(8-10)14(20)22-15(3,4)5/h9-11H,6-8H2,1-5H3,(H,17,18). The van der Waals surface area contributed by atoms with E-state index in [1.54, 1.807) is 27.7 Å². The van der Waals surface area contributed by atoms with E-state index in [0.29, 0.717) is 6.42 Å². The van der Waals surface area contributed by atoms with Crippen LogP contribution in [0.15, 0.2) is 0 Å². The van der Waals surface area contributed by atoms with Gasteiger partial charge in [0, 0.05) is 19.0 Å². The molecule has 0 radical (unpaired) electrons. The zero-order chi connectivity index (χ0) is 17.1. The average Bonchev–Trinajstić information content (AvgIpc) is 2.29. The highest BCUT2D eigenvalue weighted by Crippen LogP contribution is 2.27. The topological polar surface area (TPSA) is 93.1 Å². The maximum Gasteiger partial charge on any atom is 0.410 e. The molecule has 1 aliphatic rings. The summed E-state index contributed by atoms with van der Waals surface area (Å²) in [6.45, 7) is 9.19. The first-order valence-electron chi connectivity index (χ1n) is 7.46. The van der Waals surface area contributed by atoms with Gasteiger partial charge in [-0.3, -0.25) is 9.59 Å². The number of rotatable bonds is 5. The summed E-state index contributed by atoms with van der Waals surface area (Å²) in [7, 11) is 0. The SMILES string of the molecule is CCC(C)OC(=O)C(C(=O)O)C1CN(C(=O)OC(C)(C)C)C1. The largest absolute Gasteiger partial charge is 0.481 e. The van der Waals surface area contributed by atoms with Crippen molar-refractivity contribution in [1.82, 2.24) is 4.90 Å². The first kappa shape index (κ1) is 18.3. The molecule has 1 amide bonds. The van der Waals surface area contributed by atoms with Gasteiger partial charge in [0.1, 0.15) is 5.60 Å². The fraction of sp³-hybridized carbons (Fsp3) is 0.800. The number of esters is 1. The molecule has 7 nitrogen and oxygen atoms in total. The van der Waals surface area contributed by atoms with Crippen molar-refractivity contribution in [1.29, 1.82) is 0 Å². The fourth-order valence-electron chi connectivity index (χ4n) is 2.05. The highest BCUT2D eigenvalue weighted by molar-refractivity contribution is 5.94. The summed E-state index contributed by atoms with van der Waals surface area (Å²) in [6.07, 6.45) is -0.202. The van der Waals surface area contributed by atoms with Crippen LogP contribution in [0.1, 0.15) is 41.0 Å². The van der Waals surface area contributed by atoms with E-state index in [0.717, 1.165) is 0 Å². The fourth-order valence-corrected chi connectivity index (χ4v) is 2.05. The highest BCUT2D eigenvalue weighted by atomic mass is 16.6.